The van der Waals surface area contributed by atoms with Gasteiger partial charge in [0, 0.05) is 12.7 Å². The van der Waals surface area contributed by atoms with Gasteiger partial charge in [0.15, 0.2) is 0 Å². The summed E-state index contributed by atoms with van der Waals surface area (Å²) in [7, 11) is 0. The highest BCUT2D eigenvalue weighted by Crippen LogP contribution is 2.31. The fourth-order valence-corrected chi connectivity index (χ4v) is 2.93. The Morgan fingerprint density at radius 3 is 3.04 bits per heavy atom. The van der Waals surface area contributed by atoms with Gasteiger partial charge in [-0.05, 0) is 43.5 Å². The Bertz CT molecular complexity index is 703. The second-order valence-electron chi connectivity index (χ2n) is 5.69. The molecule has 1 aliphatic heterocycles. The van der Waals surface area contributed by atoms with Crippen LogP contribution in [0.1, 0.15) is 30.1 Å². The number of hydrogen-bond acceptors (Lipinski definition) is 5. The molecule has 2 aromatic rings. The van der Waals surface area contributed by atoms with Gasteiger partial charge >= 0.3 is 0 Å². The van der Waals surface area contributed by atoms with Crippen molar-refractivity contribution in [3.05, 3.63) is 47.8 Å². The average Bonchev–Trinajstić information content (AvgIpc) is 3.06. The molecule has 23 heavy (non-hydrogen) atoms. The number of nitrogens with zero attached hydrogens (tertiary/aromatic N) is 3. The van der Waals surface area contributed by atoms with Crippen LogP contribution in [0.2, 0.25) is 0 Å². The lowest BCUT2D eigenvalue weighted by atomic mass is 10.1. The molecule has 3 N–H and O–H groups in total. The third-order valence-corrected chi connectivity index (χ3v) is 4.12. The maximum atomic E-state index is 12.0. The molecule has 0 aromatic carbocycles. The molecule has 1 atom stereocenters. The minimum atomic E-state index is -0.0202. The lowest BCUT2D eigenvalue weighted by molar-refractivity contribution is -0.130. The van der Waals surface area contributed by atoms with Crippen LogP contribution in [0, 0.1) is 6.92 Å². The zero-order chi connectivity index (χ0) is 16.2. The Morgan fingerprint density at radius 2 is 2.26 bits per heavy atom. The van der Waals surface area contributed by atoms with Crippen LogP contribution in [-0.4, -0.2) is 33.9 Å². The van der Waals surface area contributed by atoms with Crippen molar-refractivity contribution >= 4 is 17.5 Å². The smallest absolute Gasteiger partial charge is 0.236 e. The normalized spacial score (nSPS) is 17.3. The van der Waals surface area contributed by atoms with Crippen LogP contribution in [0.15, 0.2) is 36.5 Å². The van der Waals surface area contributed by atoms with Crippen LogP contribution in [0.5, 0.6) is 0 Å². The number of pyridine rings is 2. The molecule has 3 heterocycles. The van der Waals surface area contributed by atoms with E-state index in [1.165, 1.54) is 0 Å². The van der Waals surface area contributed by atoms with Gasteiger partial charge < -0.3 is 16.0 Å². The first kappa shape index (κ1) is 15.4. The summed E-state index contributed by atoms with van der Waals surface area (Å²) in [6.45, 7) is 2.79. The molecule has 1 aliphatic rings. The summed E-state index contributed by atoms with van der Waals surface area (Å²) in [5.41, 5.74) is 7.46. The van der Waals surface area contributed by atoms with Crippen LogP contribution >= 0.6 is 0 Å². The first-order chi connectivity index (χ1) is 11.2. The van der Waals surface area contributed by atoms with Crippen LogP contribution in [0.4, 0.5) is 11.6 Å². The predicted molar refractivity (Wildman–Crippen MR) is 89.2 cm³/mol. The van der Waals surface area contributed by atoms with Crippen molar-refractivity contribution in [1.29, 1.82) is 0 Å². The van der Waals surface area contributed by atoms with Gasteiger partial charge in [0.2, 0.25) is 5.91 Å². The molecule has 1 saturated heterocycles. The number of carbonyl (C=O) groups excluding carboxylic acids is 1. The van der Waals surface area contributed by atoms with Crippen LogP contribution < -0.4 is 11.1 Å². The van der Waals surface area contributed by atoms with E-state index in [0.29, 0.717) is 0 Å². The summed E-state index contributed by atoms with van der Waals surface area (Å²) in [6.07, 6.45) is 3.65. The lowest BCUT2D eigenvalue weighted by Gasteiger charge is -2.24. The van der Waals surface area contributed by atoms with Crippen molar-refractivity contribution in [2.45, 2.75) is 25.8 Å². The fraction of sp³-hybridized carbons (Fsp3) is 0.353. The van der Waals surface area contributed by atoms with Crippen molar-refractivity contribution in [1.82, 2.24) is 14.9 Å². The average molecular weight is 311 g/mol. The molecule has 120 valence electrons. The molecule has 1 amide bonds. The molecule has 0 radical (unpaired) electrons. The number of rotatable bonds is 4. The van der Waals surface area contributed by atoms with Gasteiger partial charge in [-0.1, -0.05) is 12.1 Å². The van der Waals surface area contributed by atoms with Crippen molar-refractivity contribution in [3.8, 4) is 0 Å². The molecule has 0 bridgehead atoms. The molecule has 0 saturated carbocycles. The van der Waals surface area contributed by atoms with Gasteiger partial charge in [-0.2, -0.15) is 0 Å². The summed E-state index contributed by atoms with van der Waals surface area (Å²) < 4.78 is 0. The van der Waals surface area contributed by atoms with E-state index in [4.69, 9.17) is 5.73 Å². The van der Waals surface area contributed by atoms with E-state index in [1.54, 1.807) is 6.20 Å². The SMILES string of the molecule is Cc1cccnc1Nc1cccc([C@@H]2CCCN2C(=O)CN)n1. The van der Waals surface area contributed by atoms with E-state index in [-0.39, 0.29) is 18.5 Å². The predicted octanol–water partition coefficient (Wildman–Crippen LogP) is 2.15. The standard InChI is InChI=1S/C17H21N5O/c1-12-5-3-9-19-17(12)21-15-8-2-6-13(20-15)14-7-4-10-22(14)16(23)11-18/h2-3,5-6,8-9,14H,4,7,10-11,18H2,1H3,(H,19,20,21)/t14-/m0/s1. The van der Waals surface area contributed by atoms with E-state index in [9.17, 15) is 4.79 Å². The third kappa shape index (κ3) is 3.32. The minimum absolute atomic E-state index is 0.0117. The highest BCUT2D eigenvalue weighted by atomic mass is 16.2. The van der Waals surface area contributed by atoms with Gasteiger partial charge in [-0.3, -0.25) is 4.79 Å². The fourth-order valence-electron chi connectivity index (χ4n) is 2.93. The molecule has 0 aliphatic carbocycles. The molecule has 1 fully saturated rings. The molecule has 3 rings (SSSR count). The summed E-state index contributed by atoms with van der Waals surface area (Å²) in [5, 5.41) is 3.24. The molecular formula is C17H21N5O. The highest BCUT2D eigenvalue weighted by molar-refractivity contribution is 5.78. The monoisotopic (exact) mass is 311 g/mol. The summed E-state index contributed by atoms with van der Waals surface area (Å²) >= 11 is 0. The Morgan fingerprint density at radius 1 is 1.39 bits per heavy atom. The third-order valence-electron chi connectivity index (χ3n) is 4.12. The highest BCUT2D eigenvalue weighted by Gasteiger charge is 2.30. The van der Waals surface area contributed by atoms with Crippen molar-refractivity contribution in [3.63, 3.8) is 0 Å². The van der Waals surface area contributed by atoms with Gasteiger partial charge in [0.05, 0.1) is 18.3 Å². The number of likely N-dealkylation sites (tertiary alicyclic amines) is 1. The van der Waals surface area contributed by atoms with Gasteiger partial charge in [-0.15, -0.1) is 0 Å². The second kappa shape index (κ2) is 6.75. The Hall–Kier alpha value is -2.47. The summed E-state index contributed by atoms with van der Waals surface area (Å²) in [4.78, 5) is 22.8. The van der Waals surface area contributed by atoms with Crippen LogP contribution in [0.25, 0.3) is 0 Å². The molecular weight excluding hydrogens is 290 g/mol. The first-order valence-electron chi connectivity index (χ1n) is 7.84. The topological polar surface area (TPSA) is 84.1 Å². The lowest BCUT2D eigenvalue weighted by Crippen LogP contribution is -2.35. The molecule has 6 heteroatoms. The van der Waals surface area contributed by atoms with Gasteiger partial charge in [0.25, 0.3) is 0 Å². The number of aryl methyl sites for hydroxylation is 1. The summed E-state index contributed by atoms with van der Waals surface area (Å²) in [5.74, 6) is 1.50. The molecule has 2 aromatic heterocycles. The van der Waals surface area contributed by atoms with Crippen molar-refractivity contribution in [2.24, 2.45) is 5.73 Å². The Labute approximate surface area is 135 Å². The van der Waals surface area contributed by atoms with E-state index in [0.717, 1.165) is 42.3 Å². The largest absolute Gasteiger partial charge is 0.333 e. The number of nitrogens with one attached hydrogen (secondary N) is 1. The van der Waals surface area contributed by atoms with E-state index in [1.807, 2.05) is 42.2 Å². The molecule has 0 spiro atoms. The zero-order valence-corrected chi connectivity index (χ0v) is 13.2. The first-order valence-corrected chi connectivity index (χ1v) is 7.84. The zero-order valence-electron chi connectivity index (χ0n) is 13.2. The molecule has 0 unspecified atom stereocenters. The number of carbonyl (C=O) groups is 1. The number of aromatic nitrogens is 2. The van der Waals surface area contributed by atoms with E-state index < -0.39 is 0 Å². The maximum Gasteiger partial charge on any atom is 0.236 e. The second-order valence-corrected chi connectivity index (χ2v) is 5.69. The number of anilines is 2. The number of hydrogen-bond donors (Lipinski definition) is 2. The van der Waals surface area contributed by atoms with Gasteiger partial charge in [0.1, 0.15) is 11.6 Å². The van der Waals surface area contributed by atoms with Crippen molar-refractivity contribution in [2.75, 3.05) is 18.4 Å². The Balaban J connectivity index is 1.82. The minimum Gasteiger partial charge on any atom is -0.333 e. The Kier molecular flexibility index (Phi) is 4.52. The van der Waals surface area contributed by atoms with Crippen LogP contribution in [-0.2, 0) is 4.79 Å². The number of nitrogens with two attached hydrogens (primary N) is 1. The van der Waals surface area contributed by atoms with E-state index >= 15 is 0 Å². The van der Waals surface area contributed by atoms with Gasteiger partial charge in [-0.25, -0.2) is 9.97 Å². The van der Waals surface area contributed by atoms with Crippen LogP contribution in [0.3, 0.4) is 0 Å². The van der Waals surface area contributed by atoms with E-state index in [2.05, 4.69) is 15.3 Å². The molecule has 6 nitrogen and oxygen atoms in total. The quantitative estimate of drug-likeness (QED) is 0.904. The maximum absolute atomic E-state index is 12.0. The number of amides is 1. The summed E-state index contributed by atoms with van der Waals surface area (Å²) in [6, 6.07) is 9.73. The van der Waals surface area contributed by atoms with Crippen molar-refractivity contribution < 1.29 is 4.79 Å².